The summed E-state index contributed by atoms with van der Waals surface area (Å²) in [7, 11) is 1.12. The number of ether oxygens (including phenoxy) is 1. The number of amides is 1. The number of nitrogens with zero attached hydrogens (tertiary/aromatic N) is 1. The van der Waals surface area contributed by atoms with Crippen LogP contribution in [0, 0.1) is 0 Å². The van der Waals surface area contributed by atoms with E-state index in [9.17, 15) is 19.0 Å². The highest BCUT2D eigenvalue weighted by Crippen LogP contribution is 2.38. The summed E-state index contributed by atoms with van der Waals surface area (Å²) in [6, 6.07) is -0.932. The van der Waals surface area contributed by atoms with Crippen molar-refractivity contribution in [2.45, 2.75) is 219 Å². The minimum atomic E-state index is -4.72. The van der Waals surface area contributed by atoms with E-state index in [1.807, 2.05) is 39.4 Å². The summed E-state index contributed by atoms with van der Waals surface area (Å²) in [5.41, 5.74) is 0. The second kappa shape index (κ2) is 50.9. The van der Waals surface area contributed by atoms with Crippen molar-refractivity contribution in [2.75, 3.05) is 40.9 Å². The van der Waals surface area contributed by atoms with Crippen LogP contribution in [0.4, 0.5) is 0 Å². The number of carbonyl (C=O) groups is 2. The zero-order chi connectivity index (χ0) is 52.9. The van der Waals surface area contributed by atoms with Gasteiger partial charge in [-0.15, -0.1) is 0 Å². The molecule has 72 heavy (non-hydrogen) atoms. The number of allylic oxidation sites excluding steroid dienone is 19. The fourth-order valence-electron chi connectivity index (χ4n) is 7.37. The first-order chi connectivity index (χ1) is 34.9. The largest absolute Gasteiger partial charge is 0.756 e. The van der Waals surface area contributed by atoms with Crippen molar-refractivity contribution in [3.63, 3.8) is 0 Å². The van der Waals surface area contributed by atoms with Gasteiger partial charge in [-0.1, -0.05) is 226 Å². The first-order valence-corrected chi connectivity index (χ1v) is 29.8. The van der Waals surface area contributed by atoms with E-state index in [0.29, 0.717) is 23.9 Å². The molecule has 0 heterocycles. The Morgan fingerprint density at radius 2 is 0.972 bits per heavy atom. The third-order valence-electron chi connectivity index (χ3n) is 11.7. The van der Waals surface area contributed by atoms with E-state index in [2.05, 4.69) is 123 Å². The Bertz CT molecular complexity index is 1650. The molecule has 0 bridgehead atoms. The summed E-state index contributed by atoms with van der Waals surface area (Å²) in [6.45, 7) is 6.51. The van der Waals surface area contributed by atoms with Crippen LogP contribution >= 0.6 is 7.82 Å². The Labute approximate surface area is 442 Å². The Morgan fingerprint density at radius 1 is 0.514 bits per heavy atom. The van der Waals surface area contributed by atoms with Gasteiger partial charge in [-0.2, -0.15) is 0 Å². The molecule has 0 rings (SSSR count). The van der Waals surface area contributed by atoms with Crippen molar-refractivity contribution in [1.82, 2.24) is 5.32 Å². The number of quaternary nitrogens is 1. The van der Waals surface area contributed by atoms with Gasteiger partial charge >= 0.3 is 5.97 Å². The maximum absolute atomic E-state index is 13.5. The van der Waals surface area contributed by atoms with Crippen molar-refractivity contribution >= 4 is 19.7 Å². The van der Waals surface area contributed by atoms with Gasteiger partial charge in [-0.25, -0.2) is 0 Å². The lowest BCUT2D eigenvalue weighted by Crippen LogP contribution is -2.47. The number of unbranched alkanes of at least 4 members (excludes halogenated alkanes) is 17. The molecule has 0 spiro atoms. The summed E-state index contributed by atoms with van der Waals surface area (Å²) in [5, 5.41) is 2.99. The molecule has 9 nitrogen and oxygen atoms in total. The van der Waals surface area contributed by atoms with Crippen molar-refractivity contribution in [1.29, 1.82) is 0 Å². The highest BCUT2D eigenvalue weighted by atomic mass is 31.2. The molecule has 1 N–H and O–H groups in total. The van der Waals surface area contributed by atoms with Gasteiger partial charge in [0.25, 0.3) is 7.82 Å². The van der Waals surface area contributed by atoms with Gasteiger partial charge in [0.05, 0.1) is 33.8 Å². The Hall–Kier alpha value is -3.59. The van der Waals surface area contributed by atoms with E-state index in [0.717, 1.165) is 89.9 Å². The third-order valence-corrected chi connectivity index (χ3v) is 12.7. The number of nitrogens with one attached hydrogen (secondary N) is 1. The minimum absolute atomic E-state index is 0.0427. The molecule has 0 aliphatic rings. The lowest BCUT2D eigenvalue weighted by molar-refractivity contribution is -0.870. The van der Waals surface area contributed by atoms with Crippen LogP contribution in [0.1, 0.15) is 207 Å². The predicted molar refractivity (Wildman–Crippen MR) is 307 cm³/mol. The van der Waals surface area contributed by atoms with E-state index in [1.54, 1.807) is 6.08 Å². The summed E-state index contributed by atoms with van der Waals surface area (Å²) in [6.07, 6.45) is 70.3. The van der Waals surface area contributed by atoms with E-state index in [-0.39, 0.29) is 25.4 Å². The van der Waals surface area contributed by atoms with Crippen LogP contribution in [0.3, 0.4) is 0 Å². The molecular formula is C62H105N2O7P. The fraction of sp³-hybridized carbons (Fsp3) is 0.645. The highest BCUT2D eigenvalue weighted by Gasteiger charge is 2.27. The van der Waals surface area contributed by atoms with E-state index >= 15 is 0 Å². The zero-order valence-electron chi connectivity index (χ0n) is 46.6. The van der Waals surface area contributed by atoms with E-state index in [4.69, 9.17) is 13.8 Å². The average Bonchev–Trinajstić information content (AvgIpc) is 3.34. The van der Waals surface area contributed by atoms with Gasteiger partial charge in [-0.3, -0.25) is 14.2 Å². The van der Waals surface area contributed by atoms with Gasteiger partial charge in [0.15, 0.2) is 0 Å². The van der Waals surface area contributed by atoms with Crippen LogP contribution in [0.25, 0.3) is 0 Å². The molecule has 1 amide bonds. The van der Waals surface area contributed by atoms with Crippen LogP contribution in [0.15, 0.2) is 122 Å². The number of carbonyl (C=O) groups excluding carboxylic acids is 2. The monoisotopic (exact) mass is 1020 g/mol. The number of hydrogen-bond donors (Lipinski definition) is 1. The molecule has 0 radical (unpaired) electrons. The highest BCUT2D eigenvalue weighted by molar-refractivity contribution is 7.45. The Kier molecular flexibility index (Phi) is 48.4. The maximum atomic E-state index is 13.5. The predicted octanol–water partition coefficient (Wildman–Crippen LogP) is 16.5. The molecule has 0 saturated heterocycles. The lowest BCUT2D eigenvalue weighted by Gasteiger charge is -2.30. The first-order valence-electron chi connectivity index (χ1n) is 28.4. The lowest BCUT2D eigenvalue weighted by atomic mass is 10.0. The number of esters is 1. The van der Waals surface area contributed by atoms with Gasteiger partial charge in [-0.05, 0) is 89.5 Å². The second-order valence-corrected chi connectivity index (χ2v) is 21.1. The number of likely N-dealkylation sites (N-methyl/N-ethyl adjacent to an activating group) is 1. The molecule has 0 aliphatic carbocycles. The summed E-state index contributed by atoms with van der Waals surface area (Å²) < 4.78 is 30.1. The molecule has 410 valence electrons. The number of hydrogen-bond acceptors (Lipinski definition) is 7. The molecule has 10 heteroatoms. The quantitative estimate of drug-likeness (QED) is 0.0161. The van der Waals surface area contributed by atoms with Crippen LogP contribution in [-0.4, -0.2) is 69.4 Å². The van der Waals surface area contributed by atoms with Crippen LogP contribution in [0.2, 0.25) is 0 Å². The Balaban J connectivity index is 5.50. The first kappa shape index (κ1) is 68.4. The SMILES string of the molecule is CC/C=C\C/C=C\C/C=C\C/C=C\C/C=C\C/C=C\CCC(=O)OC(/C=C/CCCCCCCCCCCC)C(COP(=O)([O-])OCC[N+](C)(C)C)NC(=O)CCCCCCCCC/C=C/C=C/C=C/CC. The normalized spacial score (nSPS) is 14.7. The molecule has 0 aromatic heterocycles. The van der Waals surface area contributed by atoms with Crippen molar-refractivity contribution in [3.8, 4) is 0 Å². The molecule has 0 aromatic rings. The van der Waals surface area contributed by atoms with Gasteiger partial charge < -0.3 is 28.5 Å². The summed E-state index contributed by atoms with van der Waals surface area (Å²) >= 11 is 0. The molecule has 0 saturated carbocycles. The average molecular weight is 1020 g/mol. The zero-order valence-corrected chi connectivity index (χ0v) is 47.5. The molecule has 0 fully saturated rings. The molecule has 3 unspecified atom stereocenters. The summed E-state index contributed by atoms with van der Waals surface area (Å²) in [4.78, 5) is 39.8. The van der Waals surface area contributed by atoms with Gasteiger partial charge in [0.2, 0.25) is 5.91 Å². The second-order valence-electron chi connectivity index (χ2n) is 19.7. The van der Waals surface area contributed by atoms with Crippen LogP contribution < -0.4 is 10.2 Å². The van der Waals surface area contributed by atoms with Crippen molar-refractivity contribution in [2.24, 2.45) is 0 Å². The minimum Gasteiger partial charge on any atom is -0.756 e. The molecule has 0 aromatic carbocycles. The number of phosphoric ester groups is 1. The third kappa shape index (κ3) is 51.3. The smallest absolute Gasteiger partial charge is 0.306 e. The Morgan fingerprint density at radius 3 is 1.49 bits per heavy atom. The van der Waals surface area contributed by atoms with Crippen LogP contribution in [0.5, 0.6) is 0 Å². The van der Waals surface area contributed by atoms with Crippen molar-refractivity contribution < 1.29 is 37.3 Å². The fourth-order valence-corrected chi connectivity index (χ4v) is 8.09. The maximum Gasteiger partial charge on any atom is 0.306 e. The van der Waals surface area contributed by atoms with Crippen LogP contribution in [-0.2, 0) is 27.9 Å². The van der Waals surface area contributed by atoms with E-state index in [1.165, 1.54) is 70.6 Å². The van der Waals surface area contributed by atoms with Gasteiger partial charge in [0, 0.05) is 12.8 Å². The topological polar surface area (TPSA) is 114 Å². The van der Waals surface area contributed by atoms with Crippen molar-refractivity contribution in [3.05, 3.63) is 122 Å². The summed E-state index contributed by atoms with van der Waals surface area (Å²) in [5.74, 6) is -0.664. The molecule has 0 aliphatic heterocycles. The standard InChI is InChI=1S/C62H105N2O7P/c1-7-10-13-16-19-22-25-28-30-31-32-33-35-37-40-43-46-49-52-55-62(66)71-60(53-50-47-44-41-38-27-24-21-18-15-12-9-3)59(58-70-72(67,68)69-57-56-64(4,5)6)63-61(65)54-51-48-45-42-39-36-34-29-26-23-20-17-14-11-8-2/h10-11,13-14,17,19-20,22-23,26,28,30,32-33,37,40,46,49-50,53,59-60H,7-9,12,15-16,18,21,24-25,27,29,31,34-36,38-39,41-45,47-48,51-52,54-58H2,1-6H3,(H-,63,65,67,68)/b13-10-,14-11+,20-17+,22-19-,26-23+,30-28-,33-32-,40-37-,49-46-,53-50+. The molecular weight excluding hydrogens is 916 g/mol. The number of rotatable bonds is 49. The van der Waals surface area contributed by atoms with Gasteiger partial charge in [0.1, 0.15) is 19.3 Å². The number of phosphoric acid groups is 1. The van der Waals surface area contributed by atoms with E-state index < -0.39 is 32.5 Å². The molecule has 3 atom stereocenters.